The van der Waals surface area contributed by atoms with Crippen LogP contribution in [0.3, 0.4) is 0 Å². The van der Waals surface area contributed by atoms with Crippen molar-refractivity contribution in [2.24, 2.45) is 0 Å². The minimum atomic E-state index is -1.01. The third-order valence-electron chi connectivity index (χ3n) is 6.22. The van der Waals surface area contributed by atoms with Crippen molar-refractivity contribution in [2.75, 3.05) is 40.6 Å². The van der Waals surface area contributed by atoms with E-state index in [9.17, 15) is 9.90 Å². The molecule has 2 atom stereocenters. The number of hydrogen-bond acceptors (Lipinski definition) is 10. The SMILES string of the molecule is COc1c2c(cc3c1[C@@H](c1nnnn1-c1ccc(C(=O)NC[C@H](O)CO)cc1)N(C)CC3)OCO2. The summed E-state index contributed by atoms with van der Waals surface area (Å²) in [4.78, 5) is 14.5. The molecule has 0 saturated carbocycles. The van der Waals surface area contributed by atoms with E-state index in [4.69, 9.17) is 19.3 Å². The van der Waals surface area contributed by atoms with Crippen LogP contribution in [-0.4, -0.2) is 88.0 Å². The summed E-state index contributed by atoms with van der Waals surface area (Å²) < 4.78 is 18.7. The summed E-state index contributed by atoms with van der Waals surface area (Å²) in [5.41, 5.74) is 3.10. The van der Waals surface area contributed by atoms with Crippen molar-refractivity contribution in [1.82, 2.24) is 30.4 Å². The van der Waals surface area contributed by atoms with Crippen molar-refractivity contribution in [3.8, 4) is 22.9 Å². The van der Waals surface area contributed by atoms with Crippen LogP contribution in [0.4, 0.5) is 0 Å². The highest BCUT2D eigenvalue weighted by Crippen LogP contribution is 2.50. The summed E-state index contributed by atoms with van der Waals surface area (Å²) in [5.74, 6) is 2.09. The van der Waals surface area contributed by atoms with Crippen LogP contribution >= 0.6 is 0 Å². The van der Waals surface area contributed by atoms with E-state index >= 15 is 0 Å². The molecule has 0 unspecified atom stereocenters. The number of amides is 1. The van der Waals surface area contributed by atoms with Gasteiger partial charge >= 0.3 is 0 Å². The normalized spacial score (nSPS) is 17.7. The lowest BCUT2D eigenvalue weighted by molar-refractivity contribution is 0.0802. The molecule has 2 aliphatic rings. The van der Waals surface area contributed by atoms with Crippen LogP contribution in [0.25, 0.3) is 5.69 Å². The van der Waals surface area contributed by atoms with Gasteiger partial charge in [0.15, 0.2) is 17.3 Å². The maximum Gasteiger partial charge on any atom is 0.251 e. The number of carbonyl (C=O) groups excluding carboxylic acids is 1. The summed E-state index contributed by atoms with van der Waals surface area (Å²) in [5, 5.41) is 33.4. The van der Waals surface area contributed by atoms with E-state index in [1.54, 1.807) is 36.1 Å². The van der Waals surface area contributed by atoms with Crippen LogP contribution in [0.5, 0.6) is 17.2 Å². The molecule has 0 fully saturated rings. The molecule has 12 nitrogen and oxygen atoms in total. The first-order valence-electron chi connectivity index (χ1n) is 11.2. The van der Waals surface area contributed by atoms with Gasteiger partial charge in [-0.3, -0.25) is 9.69 Å². The summed E-state index contributed by atoms with van der Waals surface area (Å²) in [6.45, 7) is 0.465. The van der Waals surface area contributed by atoms with Gasteiger partial charge < -0.3 is 29.7 Å². The van der Waals surface area contributed by atoms with E-state index in [1.165, 1.54) is 0 Å². The molecular weight excluding hydrogens is 456 g/mol. The largest absolute Gasteiger partial charge is 0.492 e. The second kappa shape index (κ2) is 9.49. The third kappa shape index (κ3) is 4.16. The number of carbonyl (C=O) groups is 1. The fourth-order valence-corrected chi connectivity index (χ4v) is 4.44. The van der Waals surface area contributed by atoms with Gasteiger partial charge in [0.05, 0.1) is 25.5 Å². The lowest BCUT2D eigenvalue weighted by Crippen LogP contribution is -2.35. The number of tetrazole rings is 1. The quantitative estimate of drug-likeness (QED) is 0.423. The lowest BCUT2D eigenvalue weighted by atomic mass is 9.90. The molecule has 0 bridgehead atoms. The Kier molecular flexibility index (Phi) is 6.24. The first-order valence-corrected chi connectivity index (χ1v) is 11.2. The Bertz CT molecular complexity index is 1230. The van der Waals surface area contributed by atoms with E-state index < -0.39 is 12.7 Å². The molecule has 1 amide bonds. The van der Waals surface area contributed by atoms with Crippen molar-refractivity contribution in [2.45, 2.75) is 18.6 Å². The molecule has 3 N–H and O–H groups in total. The number of fused-ring (bicyclic) bond motifs is 2. The van der Waals surface area contributed by atoms with Crippen molar-refractivity contribution in [3.63, 3.8) is 0 Å². The van der Waals surface area contributed by atoms with Crippen LogP contribution < -0.4 is 19.5 Å². The minimum Gasteiger partial charge on any atom is -0.492 e. The lowest BCUT2D eigenvalue weighted by Gasteiger charge is -2.34. The van der Waals surface area contributed by atoms with Crippen LogP contribution in [0, 0.1) is 0 Å². The van der Waals surface area contributed by atoms with Gasteiger partial charge in [-0.2, -0.15) is 4.68 Å². The molecule has 3 heterocycles. The number of benzene rings is 2. The second-order valence-corrected chi connectivity index (χ2v) is 8.39. The molecule has 5 rings (SSSR count). The Morgan fingerprint density at radius 3 is 2.86 bits per heavy atom. The fourth-order valence-electron chi connectivity index (χ4n) is 4.44. The molecule has 0 aliphatic carbocycles. The van der Waals surface area contributed by atoms with Gasteiger partial charge in [-0.25, -0.2) is 0 Å². The maximum atomic E-state index is 12.3. The number of likely N-dealkylation sites (N-methyl/N-ethyl adjacent to an activating group) is 1. The number of rotatable bonds is 7. The Balaban J connectivity index is 1.48. The number of aliphatic hydroxyl groups is 2. The van der Waals surface area contributed by atoms with Gasteiger partial charge in [0, 0.05) is 24.2 Å². The number of nitrogens with one attached hydrogen (secondary N) is 1. The molecule has 3 aromatic rings. The molecule has 35 heavy (non-hydrogen) atoms. The average molecular weight is 482 g/mol. The third-order valence-corrected chi connectivity index (χ3v) is 6.22. The van der Waals surface area contributed by atoms with Gasteiger partial charge in [0.2, 0.25) is 12.5 Å². The Morgan fingerprint density at radius 2 is 2.11 bits per heavy atom. The number of ether oxygens (including phenoxy) is 3. The zero-order valence-corrected chi connectivity index (χ0v) is 19.3. The molecule has 12 heteroatoms. The van der Waals surface area contributed by atoms with Crippen molar-refractivity contribution < 1.29 is 29.2 Å². The highest BCUT2D eigenvalue weighted by molar-refractivity contribution is 5.94. The number of aliphatic hydroxyl groups excluding tert-OH is 2. The average Bonchev–Trinajstić information content (AvgIpc) is 3.55. The molecule has 0 radical (unpaired) electrons. The zero-order chi connectivity index (χ0) is 24.5. The topological polar surface area (TPSA) is 144 Å². The number of methoxy groups -OCH3 is 1. The second-order valence-electron chi connectivity index (χ2n) is 8.39. The smallest absolute Gasteiger partial charge is 0.251 e. The number of aromatic nitrogens is 4. The highest BCUT2D eigenvalue weighted by Gasteiger charge is 2.37. The van der Waals surface area contributed by atoms with Gasteiger partial charge in [-0.1, -0.05) is 0 Å². The first-order chi connectivity index (χ1) is 17.0. The van der Waals surface area contributed by atoms with Crippen molar-refractivity contribution >= 4 is 5.91 Å². The van der Waals surface area contributed by atoms with E-state index in [1.807, 2.05) is 13.1 Å². The Labute approximate surface area is 201 Å². The molecular formula is C23H26N6O6. The summed E-state index contributed by atoms with van der Waals surface area (Å²) in [7, 11) is 3.61. The van der Waals surface area contributed by atoms with E-state index in [2.05, 4.69) is 25.7 Å². The monoisotopic (exact) mass is 482 g/mol. The van der Waals surface area contributed by atoms with Gasteiger partial charge in [0.1, 0.15) is 6.04 Å². The molecule has 0 spiro atoms. The molecule has 0 saturated heterocycles. The molecule has 2 aromatic carbocycles. The van der Waals surface area contributed by atoms with Crippen molar-refractivity contribution in [1.29, 1.82) is 0 Å². The number of hydrogen-bond donors (Lipinski definition) is 3. The van der Waals surface area contributed by atoms with Crippen molar-refractivity contribution in [3.05, 3.63) is 52.8 Å². The number of nitrogens with zero attached hydrogens (tertiary/aromatic N) is 5. The van der Waals surface area contributed by atoms with E-state index in [0.717, 1.165) is 24.1 Å². The van der Waals surface area contributed by atoms with Crippen LogP contribution in [-0.2, 0) is 6.42 Å². The summed E-state index contributed by atoms with van der Waals surface area (Å²) >= 11 is 0. The standard InChI is InChI=1S/C23H26N6O6/c1-28-8-7-14-9-17-20(35-12-34-17)21(33-2)18(14)19(28)22-25-26-27-29(22)15-5-3-13(4-6-15)23(32)24-10-16(31)11-30/h3-6,9,16,19,30-31H,7-8,10-12H2,1-2H3,(H,24,32)/t16-,19-/m0/s1. The van der Waals surface area contributed by atoms with Crippen LogP contribution in [0.2, 0.25) is 0 Å². The fraction of sp³-hybridized carbons (Fsp3) is 0.391. The van der Waals surface area contributed by atoms with Crippen LogP contribution in [0.15, 0.2) is 30.3 Å². The Morgan fingerprint density at radius 1 is 1.31 bits per heavy atom. The molecule has 2 aliphatic heterocycles. The van der Waals surface area contributed by atoms with Gasteiger partial charge in [-0.05, 0) is 59.8 Å². The predicted molar refractivity (Wildman–Crippen MR) is 122 cm³/mol. The predicted octanol–water partition coefficient (Wildman–Crippen LogP) is 0.0599. The van der Waals surface area contributed by atoms with Gasteiger partial charge in [-0.15, -0.1) is 5.10 Å². The zero-order valence-electron chi connectivity index (χ0n) is 19.3. The molecule has 1 aromatic heterocycles. The minimum absolute atomic E-state index is 0.0397. The van der Waals surface area contributed by atoms with E-state index in [0.29, 0.717) is 34.3 Å². The van der Waals surface area contributed by atoms with Crippen LogP contribution in [0.1, 0.15) is 33.4 Å². The summed E-state index contributed by atoms with van der Waals surface area (Å²) in [6.07, 6.45) is -0.196. The molecule has 184 valence electrons. The Hall–Kier alpha value is -3.74. The highest BCUT2D eigenvalue weighted by atomic mass is 16.7. The summed E-state index contributed by atoms with van der Waals surface area (Å²) in [6, 6.07) is 8.49. The first kappa shape index (κ1) is 23.0. The van der Waals surface area contributed by atoms with E-state index in [-0.39, 0.29) is 25.3 Å². The van der Waals surface area contributed by atoms with Gasteiger partial charge in [0.25, 0.3) is 5.91 Å². The maximum absolute atomic E-state index is 12.3.